The van der Waals surface area contributed by atoms with Crippen LogP contribution in [0, 0.1) is 0 Å². The van der Waals surface area contributed by atoms with Crippen molar-refractivity contribution in [1.82, 2.24) is 9.88 Å². The van der Waals surface area contributed by atoms with Crippen molar-refractivity contribution >= 4 is 17.4 Å². The third-order valence-corrected chi connectivity index (χ3v) is 5.09. The van der Waals surface area contributed by atoms with E-state index >= 15 is 0 Å². The van der Waals surface area contributed by atoms with Crippen molar-refractivity contribution in [2.24, 2.45) is 0 Å². The molecule has 1 aromatic carbocycles. The van der Waals surface area contributed by atoms with E-state index in [1.165, 1.54) is 0 Å². The van der Waals surface area contributed by atoms with Gasteiger partial charge in [0.15, 0.2) is 0 Å². The Morgan fingerprint density at radius 3 is 2.41 bits per heavy atom. The lowest BCUT2D eigenvalue weighted by Crippen LogP contribution is -2.56. The minimum absolute atomic E-state index is 0.0457. The molecule has 1 aliphatic rings. The predicted octanol–water partition coefficient (Wildman–Crippen LogP) is 2.16. The molecule has 0 spiro atoms. The highest BCUT2D eigenvalue weighted by molar-refractivity contribution is 5.92. The largest absolute Gasteiger partial charge is 0.394 e. The van der Waals surface area contributed by atoms with Crippen LogP contribution >= 0.6 is 0 Å². The number of piperazine rings is 1. The van der Waals surface area contributed by atoms with Crippen LogP contribution in [0.2, 0.25) is 0 Å². The summed E-state index contributed by atoms with van der Waals surface area (Å²) in [6, 6.07) is 13.5. The maximum Gasteiger partial charge on any atom is 0.228 e. The molecule has 6 heteroatoms. The van der Waals surface area contributed by atoms with E-state index in [9.17, 15) is 9.90 Å². The molecule has 2 aromatic rings. The second-order valence-electron chi connectivity index (χ2n) is 7.56. The van der Waals surface area contributed by atoms with E-state index in [2.05, 4.69) is 33.9 Å². The molecule has 144 valence electrons. The third-order valence-electron chi connectivity index (χ3n) is 5.09. The fourth-order valence-electron chi connectivity index (χ4n) is 3.27. The van der Waals surface area contributed by atoms with E-state index in [0.29, 0.717) is 12.1 Å². The first kappa shape index (κ1) is 19.3. The van der Waals surface area contributed by atoms with Crippen LogP contribution in [-0.2, 0) is 11.2 Å². The number of carbonyl (C=O) groups excluding carboxylic acids is 1. The van der Waals surface area contributed by atoms with Crippen molar-refractivity contribution in [1.29, 1.82) is 0 Å². The van der Waals surface area contributed by atoms with Crippen molar-refractivity contribution in [2.75, 3.05) is 43.0 Å². The topological polar surface area (TPSA) is 68.7 Å². The van der Waals surface area contributed by atoms with Gasteiger partial charge in [-0.05, 0) is 31.5 Å². The van der Waals surface area contributed by atoms with Gasteiger partial charge in [-0.2, -0.15) is 0 Å². The van der Waals surface area contributed by atoms with Gasteiger partial charge < -0.3 is 15.3 Å². The van der Waals surface area contributed by atoms with E-state index in [0.717, 1.165) is 37.6 Å². The Balaban J connectivity index is 1.53. The number of pyridine rings is 1. The Bertz CT molecular complexity index is 739. The van der Waals surface area contributed by atoms with Crippen LogP contribution < -0.4 is 10.2 Å². The van der Waals surface area contributed by atoms with Gasteiger partial charge in [0.2, 0.25) is 5.91 Å². The number of carbonyl (C=O) groups is 1. The minimum Gasteiger partial charge on any atom is -0.394 e. The number of nitrogens with zero attached hydrogens (tertiary/aromatic N) is 3. The van der Waals surface area contributed by atoms with Gasteiger partial charge in [0.25, 0.3) is 0 Å². The number of benzene rings is 1. The quantitative estimate of drug-likeness (QED) is 0.818. The molecule has 0 unspecified atom stereocenters. The van der Waals surface area contributed by atoms with E-state index in [1.807, 2.05) is 42.5 Å². The second kappa shape index (κ2) is 8.50. The number of anilines is 2. The standard InChI is InChI=1S/C21H28N4O2/c1-21(2,16-26)25-12-10-24(11-13-25)19-9-8-18(15-22-19)23-20(27)14-17-6-4-3-5-7-17/h3-9,15,26H,10-14,16H2,1-2H3,(H,23,27). The molecule has 1 saturated heterocycles. The molecule has 27 heavy (non-hydrogen) atoms. The van der Waals surface area contributed by atoms with Crippen LogP contribution in [0.5, 0.6) is 0 Å². The molecule has 0 atom stereocenters. The summed E-state index contributed by atoms with van der Waals surface area (Å²) in [5.41, 5.74) is 1.51. The normalized spacial score (nSPS) is 15.6. The zero-order valence-corrected chi connectivity index (χ0v) is 16.1. The third kappa shape index (κ3) is 5.05. The van der Waals surface area contributed by atoms with Gasteiger partial charge in [0.05, 0.1) is 24.9 Å². The molecule has 0 radical (unpaired) electrons. The first-order chi connectivity index (χ1) is 13.0. The van der Waals surface area contributed by atoms with Gasteiger partial charge in [-0.25, -0.2) is 4.98 Å². The maximum atomic E-state index is 12.2. The number of nitrogens with one attached hydrogen (secondary N) is 1. The Kier molecular flexibility index (Phi) is 6.08. The molecule has 1 aromatic heterocycles. The highest BCUT2D eigenvalue weighted by Crippen LogP contribution is 2.20. The van der Waals surface area contributed by atoms with Crippen molar-refractivity contribution < 1.29 is 9.90 Å². The molecule has 2 N–H and O–H groups in total. The van der Waals surface area contributed by atoms with E-state index in [1.54, 1.807) is 6.20 Å². The number of amides is 1. The highest BCUT2D eigenvalue weighted by Gasteiger charge is 2.29. The van der Waals surface area contributed by atoms with Crippen molar-refractivity contribution in [2.45, 2.75) is 25.8 Å². The van der Waals surface area contributed by atoms with Gasteiger partial charge in [0.1, 0.15) is 5.82 Å². The lowest BCUT2D eigenvalue weighted by atomic mass is 10.0. The Hall–Kier alpha value is -2.44. The Morgan fingerprint density at radius 2 is 1.81 bits per heavy atom. The summed E-state index contributed by atoms with van der Waals surface area (Å²) in [6.07, 6.45) is 2.06. The number of aromatic nitrogens is 1. The lowest BCUT2D eigenvalue weighted by Gasteiger charge is -2.43. The van der Waals surface area contributed by atoms with Crippen molar-refractivity contribution in [3.05, 3.63) is 54.2 Å². The molecule has 6 nitrogen and oxygen atoms in total. The van der Waals surface area contributed by atoms with Crippen LogP contribution in [0.4, 0.5) is 11.5 Å². The average molecular weight is 368 g/mol. The molecule has 1 fully saturated rings. The van der Waals surface area contributed by atoms with Gasteiger partial charge in [-0.15, -0.1) is 0 Å². The second-order valence-corrected chi connectivity index (χ2v) is 7.56. The molecule has 2 heterocycles. The number of aliphatic hydroxyl groups excluding tert-OH is 1. The molecule has 1 amide bonds. The van der Waals surface area contributed by atoms with Crippen molar-refractivity contribution in [3.63, 3.8) is 0 Å². The van der Waals surface area contributed by atoms with Gasteiger partial charge in [-0.3, -0.25) is 9.69 Å². The van der Waals surface area contributed by atoms with Crippen LogP contribution in [0.3, 0.4) is 0 Å². The van der Waals surface area contributed by atoms with Crippen molar-refractivity contribution in [3.8, 4) is 0 Å². The van der Waals surface area contributed by atoms with Gasteiger partial charge in [-0.1, -0.05) is 30.3 Å². The monoisotopic (exact) mass is 368 g/mol. The van der Waals surface area contributed by atoms with Crippen LogP contribution in [0.25, 0.3) is 0 Å². The SMILES string of the molecule is CC(C)(CO)N1CCN(c2ccc(NC(=O)Cc3ccccc3)cn2)CC1. The number of aliphatic hydroxyl groups is 1. The molecule has 1 aliphatic heterocycles. The summed E-state index contributed by atoms with van der Waals surface area (Å²) in [5.74, 6) is 0.869. The zero-order valence-electron chi connectivity index (χ0n) is 16.1. The number of rotatable bonds is 6. The highest BCUT2D eigenvalue weighted by atomic mass is 16.3. The summed E-state index contributed by atoms with van der Waals surface area (Å²) >= 11 is 0. The summed E-state index contributed by atoms with van der Waals surface area (Å²) in [5, 5.41) is 12.4. The minimum atomic E-state index is -0.188. The fourth-order valence-corrected chi connectivity index (χ4v) is 3.27. The first-order valence-corrected chi connectivity index (χ1v) is 9.38. The molecule has 0 aliphatic carbocycles. The molecule has 0 saturated carbocycles. The molecule has 0 bridgehead atoms. The molecular formula is C21H28N4O2. The summed E-state index contributed by atoms with van der Waals surface area (Å²) < 4.78 is 0. The van der Waals surface area contributed by atoms with Crippen LogP contribution in [0.1, 0.15) is 19.4 Å². The molecular weight excluding hydrogens is 340 g/mol. The first-order valence-electron chi connectivity index (χ1n) is 9.38. The van der Waals surface area contributed by atoms with Gasteiger partial charge in [0, 0.05) is 31.7 Å². The van der Waals surface area contributed by atoms with E-state index in [-0.39, 0.29) is 18.1 Å². The fraction of sp³-hybridized carbons (Fsp3) is 0.429. The Labute approximate surface area is 160 Å². The smallest absolute Gasteiger partial charge is 0.228 e. The number of hydrogen-bond donors (Lipinski definition) is 2. The summed E-state index contributed by atoms with van der Waals surface area (Å²) in [4.78, 5) is 21.2. The zero-order chi connectivity index (χ0) is 19.3. The van der Waals surface area contributed by atoms with Crippen LogP contribution in [0.15, 0.2) is 48.7 Å². The molecule has 3 rings (SSSR count). The predicted molar refractivity (Wildman–Crippen MR) is 108 cm³/mol. The number of hydrogen-bond acceptors (Lipinski definition) is 5. The Morgan fingerprint density at radius 1 is 1.11 bits per heavy atom. The van der Waals surface area contributed by atoms with E-state index < -0.39 is 0 Å². The summed E-state index contributed by atoms with van der Waals surface area (Å²) in [6.45, 7) is 7.81. The van der Waals surface area contributed by atoms with Crippen LogP contribution in [-0.4, -0.2) is 59.2 Å². The van der Waals surface area contributed by atoms with E-state index in [4.69, 9.17) is 0 Å². The van der Waals surface area contributed by atoms with Gasteiger partial charge >= 0.3 is 0 Å². The summed E-state index contributed by atoms with van der Waals surface area (Å²) in [7, 11) is 0. The lowest BCUT2D eigenvalue weighted by molar-refractivity contribution is -0.115. The average Bonchev–Trinajstić information content (AvgIpc) is 2.69. The maximum absolute atomic E-state index is 12.2.